The van der Waals surface area contributed by atoms with E-state index in [1.807, 2.05) is 63.4 Å². The number of allylic oxidation sites excluding steroid dienone is 7. The largest absolute Gasteiger partial charge is 0.456 e. The Bertz CT molecular complexity index is 1150. The number of benzene rings is 1. The van der Waals surface area contributed by atoms with Gasteiger partial charge in [0.25, 0.3) is 0 Å². The summed E-state index contributed by atoms with van der Waals surface area (Å²) in [7, 11) is 1.99. The second kappa shape index (κ2) is 11.9. The molecule has 180 valence electrons. The maximum atomic E-state index is 12.5. The lowest BCUT2D eigenvalue weighted by Gasteiger charge is -2.23. The maximum absolute atomic E-state index is 12.5. The molecule has 1 aliphatic heterocycles. The highest BCUT2D eigenvalue weighted by Crippen LogP contribution is 2.31. The molecule has 0 saturated carbocycles. The predicted molar refractivity (Wildman–Crippen MR) is 142 cm³/mol. The van der Waals surface area contributed by atoms with Gasteiger partial charge in [0.05, 0.1) is 6.04 Å². The number of fused-ring (bicyclic) bond motifs is 1. The molecule has 1 saturated heterocycles. The number of hydrogen-bond donors (Lipinski definition) is 2. The summed E-state index contributed by atoms with van der Waals surface area (Å²) in [5.74, 6) is 0.717. The van der Waals surface area contributed by atoms with Crippen molar-refractivity contribution in [2.24, 2.45) is 0 Å². The summed E-state index contributed by atoms with van der Waals surface area (Å²) in [6.07, 6.45) is 12.6. The minimum atomic E-state index is -0.146. The quantitative estimate of drug-likeness (QED) is 0.412. The zero-order valence-corrected chi connectivity index (χ0v) is 21.0. The Balaban J connectivity index is 1.76. The molecule has 34 heavy (non-hydrogen) atoms. The van der Waals surface area contributed by atoms with Gasteiger partial charge >= 0.3 is 0 Å². The van der Waals surface area contributed by atoms with Crippen LogP contribution in [0.25, 0.3) is 16.5 Å². The molecule has 1 amide bonds. The van der Waals surface area contributed by atoms with Gasteiger partial charge in [-0.3, -0.25) is 4.79 Å². The molecular weight excluding hydrogens is 446 g/mol. The second-order valence-corrected chi connectivity index (χ2v) is 9.04. The molecule has 2 aromatic rings. The fourth-order valence-corrected chi connectivity index (χ4v) is 4.24. The van der Waals surface area contributed by atoms with Crippen LogP contribution in [0, 0.1) is 0 Å². The summed E-state index contributed by atoms with van der Waals surface area (Å²) in [6, 6.07) is 5.67. The zero-order valence-electron chi connectivity index (χ0n) is 20.3. The minimum Gasteiger partial charge on any atom is -0.456 e. The number of furan rings is 1. The Morgan fingerprint density at radius 1 is 1.35 bits per heavy atom. The van der Waals surface area contributed by atoms with E-state index in [0.717, 1.165) is 59.4 Å². The van der Waals surface area contributed by atoms with Gasteiger partial charge in [-0.25, -0.2) is 0 Å². The molecule has 0 radical (unpaired) electrons. The summed E-state index contributed by atoms with van der Waals surface area (Å²) in [5.41, 5.74) is 4.20. The lowest BCUT2D eigenvalue weighted by atomic mass is 10.0. The summed E-state index contributed by atoms with van der Waals surface area (Å²) in [5, 5.41) is 7.77. The summed E-state index contributed by atoms with van der Waals surface area (Å²) < 4.78 is 6.23. The maximum Gasteiger partial charge on any atom is 0.241 e. The van der Waals surface area contributed by atoms with Crippen molar-refractivity contribution in [2.45, 2.75) is 45.7 Å². The van der Waals surface area contributed by atoms with E-state index in [4.69, 9.17) is 16.0 Å². The second-order valence-electron chi connectivity index (χ2n) is 8.60. The highest BCUT2D eigenvalue weighted by atomic mass is 35.5. The van der Waals surface area contributed by atoms with Crippen LogP contribution in [-0.4, -0.2) is 30.4 Å². The molecule has 5 nitrogen and oxygen atoms in total. The van der Waals surface area contributed by atoms with Crippen molar-refractivity contribution in [1.82, 2.24) is 15.5 Å². The van der Waals surface area contributed by atoms with Crippen molar-refractivity contribution < 1.29 is 9.21 Å². The Kier molecular flexibility index (Phi) is 8.97. The van der Waals surface area contributed by atoms with Gasteiger partial charge in [0.2, 0.25) is 5.91 Å². The van der Waals surface area contributed by atoms with Gasteiger partial charge in [-0.15, -0.1) is 0 Å². The number of piperidine rings is 1. The highest BCUT2D eigenvalue weighted by Gasteiger charge is 2.20. The third-order valence-corrected chi connectivity index (χ3v) is 6.15. The van der Waals surface area contributed by atoms with Crippen molar-refractivity contribution in [3.8, 4) is 0 Å². The first-order valence-corrected chi connectivity index (χ1v) is 12.0. The van der Waals surface area contributed by atoms with Gasteiger partial charge in [-0.2, -0.15) is 0 Å². The van der Waals surface area contributed by atoms with Gasteiger partial charge in [0.15, 0.2) is 0 Å². The summed E-state index contributed by atoms with van der Waals surface area (Å²) in [4.78, 5) is 14.5. The van der Waals surface area contributed by atoms with Crippen LogP contribution >= 0.6 is 11.6 Å². The van der Waals surface area contributed by atoms with Crippen LogP contribution in [0.4, 0.5) is 0 Å². The number of carbonyl (C=O) groups is 1. The van der Waals surface area contributed by atoms with E-state index < -0.39 is 0 Å². The summed E-state index contributed by atoms with van der Waals surface area (Å²) >= 11 is 6.42. The Morgan fingerprint density at radius 3 is 2.82 bits per heavy atom. The third-order valence-electron chi connectivity index (χ3n) is 5.93. The van der Waals surface area contributed by atoms with Crippen molar-refractivity contribution in [1.29, 1.82) is 0 Å². The smallest absolute Gasteiger partial charge is 0.241 e. The molecule has 2 N–H and O–H groups in total. The van der Waals surface area contributed by atoms with Gasteiger partial charge in [0.1, 0.15) is 11.3 Å². The van der Waals surface area contributed by atoms with E-state index >= 15 is 0 Å². The molecule has 6 heteroatoms. The summed E-state index contributed by atoms with van der Waals surface area (Å²) in [6.45, 7) is 13.3. The van der Waals surface area contributed by atoms with Crippen LogP contribution in [0.15, 0.2) is 77.5 Å². The van der Waals surface area contributed by atoms with Gasteiger partial charge in [-0.05, 0) is 57.5 Å². The van der Waals surface area contributed by atoms with E-state index in [0.29, 0.717) is 17.3 Å². The molecule has 0 bridgehead atoms. The highest BCUT2D eigenvalue weighted by molar-refractivity contribution is 6.31. The third kappa shape index (κ3) is 6.52. The molecular formula is C28H34ClN3O2. The van der Waals surface area contributed by atoms with Crippen LogP contribution in [-0.2, 0) is 11.3 Å². The normalized spacial score (nSPS) is 17.2. The van der Waals surface area contributed by atoms with Crippen molar-refractivity contribution >= 4 is 34.1 Å². The first-order chi connectivity index (χ1) is 16.3. The van der Waals surface area contributed by atoms with Crippen LogP contribution in [0.2, 0.25) is 5.02 Å². The molecule has 0 aliphatic carbocycles. The van der Waals surface area contributed by atoms with Crippen molar-refractivity contribution in [3.63, 3.8) is 0 Å². The number of nitrogens with zero attached hydrogens (tertiary/aromatic N) is 1. The number of hydrogen-bond acceptors (Lipinski definition) is 4. The predicted octanol–water partition coefficient (Wildman–Crippen LogP) is 6.34. The molecule has 0 spiro atoms. The van der Waals surface area contributed by atoms with E-state index in [9.17, 15) is 4.79 Å². The standard InChI is InChI=1S/C28H34ClN3O2/c1-6-8-11-21(7-2)26-17-22-15-24(29)16-23(27(22)34-26)18-32(5)20(4)14-19(3)31-28(33)25-12-9-10-13-30-25/h6-8,11,14-17,25,30H,2-3,9-10,12-13,18H2,1,4-5H3,(H,31,33)/b8-6-,20-14-,21-11+. The minimum absolute atomic E-state index is 0.0277. The van der Waals surface area contributed by atoms with Crippen LogP contribution < -0.4 is 10.6 Å². The van der Waals surface area contributed by atoms with Gasteiger partial charge in [0, 0.05) is 46.5 Å². The average molecular weight is 480 g/mol. The lowest BCUT2D eigenvalue weighted by Crippen LogP contribution is -2.46. The SMILES string of the molecule is C=C/C(=C\C=C/C)c1cc2cc(Cl)cc(CN(C)/C(C)=C\C(=C)NC(=O)C3CCCCN3)c2o1. The van der Waals surface area contributed by atoms with Gasteiger partial charge < -0.3 is 20.0 Å². The fourth-order valence-electron chi connectivity index (χ4n) is 4.00. The number of rotatable bonds is 9. The first-order valence-electron chi connectivity index (χ1n) is 11.6. The van der Waals surface area contributed by atoms with Crippen LogP contribution in [0.1, 0.15) is 44.4 Å². The average Bonchev–Trinajstić information content (AvgIpc) is 3.23. The molecule has 1 aromatic heterocycles. The molecule has 1 aliphatic rings. The van der Waals surface area contributed by atoms with E-state index in [1.54, 1.807) is 6.08 Å². The van der Waals surface area contributed by atoms with Crippen molar-refractivity contribution in [2.75, 3.05) is 13.6 Å². The molecule has 1 unspecified atom stereocenters. The lowest BCUT2D eigenvalue weighted by molar-refractivity contribution is -0.122. The number of amides is 1. The first kappa shape index (κ1) is 25.6. The molecule has 1 aromatic carbocycles. The Morgan fingerprint density at radius 2 is 2.15 bits per heavy atom. The Labute approximate surface area is 207 Å². The molecule has 1 atom stereocenters. The molecule has 3 rings (SSSR count). The topological polar surface area (TPSA) is 57.5 Å². The van der Waals surface area contributed by atoms with Crippen LogP contribution in [0.5, 0.6) is 0 Å². The van der Waals surface area contributed by atoms with E-state index in [2.05, 4.69) is 28.7 Å². The van der Waals surface area contributed by atoms with E-state index in [-0.39, 0.29) is 11.9 Å². The Hall–Kier alpha value is -3.02. The number of nitrogens with one attached hydrogen (secondary N) is 2. The van der Waals surface area contributed by atoms with E-state index in [1.165, 1.54) is 0 Å². The molecule has 1 fully saturated rings. The fraction of sp³-hybridized carbons (Fsp3) is 0.321. The van der Waals surface area contributed by atoms with Gasteiger partial charge in [-0.1, -0.05) is 55.5 Å². The zero-order chi connectivity index (χ0) is 24.7. The molecule has 2 heterocycles. The monoisotopic (exact) mass is 479 g/mol. The van der Waals surface area contributed by atoms with Crippen LogP contribution in [0.3, 0.4) is 0 Å². The number of carbonyl (C=O) groups excluding carboxylic acids is 1. The van der Waals surface area contributed by atoms with Crippen molar-refractivity contribution in [3.05, 3.63) is 89.5 Å². The number of halogens is 1.